The Morgan fingerprint density at radius 1 is 1.29 bits per heavy atom. The highest BCUT2D eigenvalue weighted by atomic mass is 16.1. The minimum atomic E-state index is 0.102. The summed E-state index contributed by atoms with van der Waals surface area (Å²) in [4.78, 5) is 11.5. The highest BCUT2D eigenvalue weighted by Gasteiger charge is 2.00. The van der Waals surface area contributed by atoms with Crippen LogP contribution in [0.5, 0.6) is 0 Å². The van der Waals surface area contributed by atoms with Crippen molar-refractivity contribution in [2.45, 2.75) is 20.4 Å². The number of hydrogen-bond acceptors (Lipinski definition) is 1. The molecule has 0 aliphatic carbocycles. The fourth-order valence-electron chi connectivity index (χ4n) is 1.69. The fourth-order valence-corrected chi connectivity index (χ4v) is 1.69. The van der Waals surface area contributed by atoms with Crippen molar-refractivity contribution in [1.82, 2.24) is 4.57 Å². The molecule has 0 radical (unpaired) electrons. The van der Waals surface area contributed by atoms with Crippen molar-refractivity contribution in [2.75, 3.05) is 0 Å². The van der Waals surface area contributed by atoms with Gasteiger partial charge in [-0.25, -0.2) is 0 Å². The Morgan fingerprint density at radius 3 is 2.79 bits per heavy atom. The zero-order valence-corrected chi connectivity index (χ0v) is 8.45. The molecule has 0 bridgehead atoms. The van der Waals surface area contributed by atoms with E-state index in [0.717, 1.165) is 17.4 Å². The van der Waals surface area contributed by atoms with Crippen LogP contribution >= 0.6 is 0 Å². The number of fused-ring (bicyclic) bond motifs is 1. The number of benzene rings is 1. The summed E-state index contributed by atoms with van der Waals surface area (Å²) in [6.45, 7) is 5.00. The first-order valence-electron chi connectivity index (χ1n) is 4.82. The topological polar surface area (TPSA) is 22.0 Å². The van der Waals surface area contributed by atoms with E-state index >= 15 is 0 Å². The van der Waals surface area contributed by atoms with E-state index < -0.39 is 0 Å². The van der Waals surface area contributed by atoms with Crippen LogP contribution < -0.4 is 5.43 Å². The molecule has 0 saturated carbocycles. The largest absolute Gasteiger partial charge is 0.348 e. The summed E-state index contributed by atoms with van der Waals surface area (Å²) in [6, 6.07) is 7.56. The lowest BCUT2D eigenvalue weighted by Gasteiger charge is -2.07. The molecule has 2 rings (SSSR count). The summed E-state index contributed by atoms with van der Waals surface area (Å²) in [6.07, 6.45) is 1.85. The predicted octanol–water partition coefficient (Wildman–Crippen LogP) is 2.33. The first-order valence-corrected chi connectivity index (χ1v) is 4.82. The van der Waals surface area contributed by atoms with Crippen molar-refractivity contribution < 1.29 is 0 Å². The van der Waals surface area contributed by atoms with Crippen molar-refractivity contribution >= 4 is 10.9 Å². The van der Waals surface area contributed by atoms with E-state index in [1.165, 1.54) is 5.56 Å². The maximum absolute atomic E-state index is 11.5. The van der Waals surface area contributed by atoms with Gasteiger partial charge in [0.25, 0.3) is 0 Å². The lowest BCUT2D eigenvalue weighted by molar-refractivity contribution is 0.787. The van der Waals surface area contributed by atoms with E-state index in [-0.39, 0.29) is 5.43 Å². The van der Waals surface area contributed by atoms with Gasteiger partial charge >= 0.3 is 0 Å². The summed E-state index contributed by atoms with van der Waals surface area (Å²) in [5.74, 6) is 0. The molecule has 0 N–H and O–H groups in total. The van der Waals surface area contributed by atoms with Gasteiger partial charge in [0.15, 0.2) is 5.43 Å². The van der Waals surface area contributed by atoms with Gasteiger partial charge in [-0.1, -0.05) is 6.07 Å². The van der Waals surface area contributed by atoms with Gasteiger partial charge in [-0.3, -0.25) is 4.79 Å². The maximum Gasteiger partial charge on any atom is 0.189 e. The molecule has 0 saturated heterocycles. The number of pyridine rings is 1. The molecule has 1 aromatic heterocycles. The molecule has 14 heavy (non-hydrogen) atoms. The number of rotatable bonds is 1. The van der Waals surface area contributed by atoms with Crippen molar-refractivity contribution in [3.05, 3.63) is 46.2 Å². The van der Waals surface area contributed by atoms with E-state index in [0.29, 0.717) is 0 Å². The molecule has 2 nitrogen and oxygen atoms in total. The molecule has 0 aliphatic heterocycles. The maximum atomic E-state index is 11.5. The Morgan fingerprint density at radius 2 is 2.07 bits per heavy atom. The highest BCUT2D eigenvalue weighted by molar-refractivity contribution is 5.79. The summed E-state index contributed by atoms with van der Waals surface area (Å²) in [7, 11) is 0. The molecular weight excluding hydrogens is 174 g/mol. The second-order valence-corrected chi connectivity index (χ2v) is 3.49. The van der Waals surface area contributed by atoms with Gasteiger partial charge in [-0.15, -0.1) is 0 Å². The molecule has 1 heterocycles. The number of hydrogen-bond donors (Lipinski definition) is 0. The van der Waals surface area contributed by atoms with Crippen molar-refractivity contribution in [2.24, 2.45) is 0 Å². The third-order valence-electron chi connectivity index (χ3n) is 2.47. The third kappa shape index (κ3) is 1.33. The Labute approximate surface area is 82.8 Å². The van der Waals surface area contributed by atoms with Gasteiger partial charge < -0.3 is 4.57 Å². The number of nitrogens with zero attached hydrogens (tertiary/aromatic N) is 1. The summed E-state index contributed by atoms with van der Waals surface area (Å²) >= 11 is 0. The minimum absolute atomic E-state index is 0.102. The molecule has 1 aromatic carbocycles. The molecule has 0 spiro atoms. The van der Waals surface area contributed by atoms with Crippen LogP contribution in [0.2, 0.25) is 0 Å². The van der Waals surface area contributed by atoms with Crippen LogP contribution in [-0.4, -0.2) is 4.57 Å². The summed E-state index contributed by atoms with van der Waals surface area (Å²) in [5.41, 5.74) is 2.31. The Bertz CT molecular complexity index is 525. The van der Waals surface area contributed by atoms with E-state index in [1.807, 2.05) is 25.3 Å². The molecule has 2 aromatic rings. The summed E-state index contributed by atoms with van der Waals surface area (Å²) in [5, 5.41) is 0.806. The molecule has 0 unspecified atom stereocenters. The molecule has 0 aliphatic rings. The second kappa shape index (κ2) is 3.29. The van der Waals surface area contributed by atoms with Gasteiger partial charge in [-0.05, 0) is 31.5 Å². The quantitative estimate of drug-likeness (QED) is 0.671. The predicted molar refractivity (Wildman–Crippen MR) is 58.6 cm³/mol. The van der Waals surface area contributed by atoms with Crippen LogP contribution in [0.3, 0.4) is 0 Å². The van der Waals surface area contributed by atoms with Gasteiger partial charge in [0, 0.05) is 24.2 Å². The van der Waals surface area contributed by atoms with Crippen LogP contribution in [0.15, 0.2) is 35.3 Å². The smallest absolute Gasteiger partial charge is 0.189 e. The lowest BCUT2D eigenvalue weighted by Crippen LogP contribution is -2.06. The lowest BCUT2D eigenvalue weighted by atomic mass is 10.1. The van der Waals surface area contributed by atoms with Crippen LogP contribution in [0, 0.1) is 6.92 Å². The average molecular weight is 187 g/mol. The molecule has 72 valence electrons. The van der Waals surface area contributed by atoms with E-state index in [4.69, 9.17) is 0 Å². The van der Waals surface area contributed by atoms with Crippen molar-refractivity contribution in [3.8, 4) is 0 Å². The van der Waals surface area contributed by atoms with Crippen LogP contribution in [0.4, 0.5) is 0 Å². The number of aromatic nitrogens is 1. The standard InChI is InChI=1S/C12H13NO/c1-3-13-7-6-12(14)10-5-4-9(2)8-11(10)13/h4-8H,3H2,1-2H3. The van der Waals surface area contributed by atoms with Gasteiger partial charge in [0.1, 0.15) is 0 Å². The zero-order valence-electron chi connectivity index (χ0n) is 8.45. The van der Waals surface area contributed by atoms with E-state index in [9.17, 15) is 4.79 Å². The second-order valence-electron chi connectivity index (χ2n) is 3.49. The molecule has 0 atom stereocenters. The van der Waals surface area contributed by atoms with Crippen LogP contribution in [0.1, 0.15) is 12.5 Å². The SMILES string of the molecule is CCn1ccc(=O)c2ccc(C)cc21. The first kappa shape index (κ1) is 9.00. The van der Waals surface area contributed by atoms with Gasteiger partial charge in [-0.2, -0.15) is 0 Å². The molecule has 0 fully saturated rings. The Kier molecular flexibility index (Phi) is 2.12. The molecular formula is C12H13NO. The summed E-state index contributed by atoms with van der Waals surface area (Å²) < 4.78 is 2.09. The van der Waals surface area contributed by atoms with Gasteiger partial charge in [0.05, 0.1) is 5.52 Å². The van der Waals surface area contributed by atoms with E-state index in [2.05, 4.69) is 17.6 Å². The fraction of sp³-hybridized carbons (Fsp3) is 0.250. The Hall–Kier alpha value is -1.57. The molecule has 0 amide bonds. The van der Waals surface area contributed by atoms with Crippen molar-refractivity contribution in [1.29, 1.82) is 0 Å². The first-order chi connectivity index (χ1) is 6.72. The van der Waals surface area contributed by atoms with Crippen molar-refractivity contribution in [3.63, 3.8) is 0 Å². The third-order valence-corrected chi connectivity index (χ3v) is 2.47. The Balaban J connectivity index is 2.92. The monoisotopic (exact) mass is 187 g/mol. The van der Waals surface area contributed by atoms with E-state index in [1.54, 1.807) is 6.07 Å². The van der Waals surface area contributed by atoms with Crippen LogP contribution in [-0.2, 0) is 6.54 Å². The normalized spacial score (nSPS) is 10.7. The molecule has 2 heteroatoms. The highest BCUT2D eigenvalue weighted by Crippen LogP contribution is 2.12. The van der Waals surface area contributed by atoms with Crippen LogP contribution in [0.25, 0.3) is 10.9 Å². The number of aryl methyl sites for hydroxylation is 2. The minimum Gasteiger partial charge on any atom is -0.348 e. The zero-order chi connectivity index (χ0) is 10.1. The average Bonchev–Trinajstić information content (AvgIpc) is 2.18. The van der Waals surface area contributed by atoms with Gasteiger partial charge in [0.2, 0.25) is 0 Å².